The second-order valence-electron chi connectivity index (χ2n) is 8.18. The van der Waals surface area contributed by atoms with Crippen LogP contribution in [-0.4, -0.2) is 51.2 Å². The molecule has 9 heteroatoms. The Hall–Kier alpha value is -2.78. The molecule has 4 heterocycles. The molecule has 4 rings (SSSR count). The molecule has 0 bridgehead atoms. The summed E-state index contributed by atoms with van der Waals surface area (Å²) >= 11 is 1.61. The van der Waals surface area contributed by atoms with Crippen LogP contribution in [0.25, 0.3) is 21.6 Å². The zero-order chi connectivity index (χ0) is 21.3. The molecule has 8 nitrogen and oxygen atoms in total. The summed E-state index contributed by atoms with van der Waals surface area (Å²) in [6.07, 6.45) is 3.92. The van der Waals surface area contributed by atoms with Crippen molar-refractivity contribution in [2.75, 3.05) is 25.0 Å². The number of rotatable bonds is 4. The predicted molar refractivity (Wildman–Crippen MR) is 119 cm³/mol. The Labute approximate surface area is 179 Å². The highest BCUT2D eigenvalue weighted by Crippen LogP contribution is 2.39. The van der Waals surface area contributed by atoms with Gasteiger partial charge in [-0.05, 0) is 44.9 Å². The summed E-state index contributed by atoms with van der Waals surface area (Å²) in [6.45, 7) is 7.90. The summed E-state index contributed by atoms with van der Waals surface area (Å²) in [5, 5.41) is 4.39. The van der Waals surface area contributed by atoms with Crippen LogP contribution in [0, 0.1) is 0 Å². The quantitative estimate of drug-likeness (QED) is 0.658. The maximum absolute atomic E-state index is 12.5. The fourth-order valence-corrected chi connectivity index (χ4v) is 4.66. The highest BCUT2D eigenvalue weighted by molar-refractivity contribution is 7.19. The lowest BCUT2D eigenvalue weighted by atomic mass is 10.0. The van der Waals surface area contributed by atoms with Gasteiger partial charge in [0.05, 0.1) is 11.9 Å². The first kappa shape index (κ1) is 20.5. The topological polar surface area (TPSA) is 106 Å². The first-order chi connectivity index (χ1) is 14.4. The monoisotopic (exact) mass is 426 g/mol. The molecule has 158 valence electrons. The third kappa shape index (κ3) is 4.22. The van der Waals surface area contributed by atoms with E-state index in [1.165, 1.54) is 5.56 Å². The number of carbonyl (C=O) groups excluding carboxylic acids is 1. The molecule has 1 amide bonds. The van der Waals surface area contributed by atoms with Gasteiger partial charge in [0.1, 0.15) is 16.2 Å². The third-order valence-electron chi connectivity index (χ3n) is 4.73. The SMILES string of the molecule is CC(C)(C)OC(=O)N1CCc2c(sc3nc(-c4ccncc4)nc(NCCN)c23)C1. The number of nitrogens with zero attached hydrogens (tertiary/aromatic N) is 4. The highest BCUT2D eigenvalue weighted by atomic mass is 32.1. The van der Waals surface area contributed by atoms with Gasteiger partial charge < -0.3 is 20.7 Å². The van der Waals surface area contributed by atoms with E-state index in [2.05, 4.69) is 10.3 Å². The first-order valence-corrected chi connectivity index (χ1v) is 10.8. The van der Waals surface area contributed by atoms with Gasteiger partial charge in [-0.3, -0.25) is 4.98 Å². The summed E-state index contributed by atoms with van der Waals surface area (Å²) in [4.78, 5) is 30.0. The number of anilines is 1. The van der Waals surface area contributed by atoms with Gasteiger partial charge >= 0.3 is 6.09 Å². The van der Waals surface area contributed by atoms with Crippen molar-refractivity contribution in [2.24, 2.45) is 5.73 Å². The molecular formula is C21H26N6O2S. The number of nitrogens with two attached hydrogens (primary N) is 1. The maximum Gasteiger partial charge on any atom is 0.410 e. The molecule has 0 saturated carbocycles. The Morgan fingerprint density at radius 1 is 1.30 bits per heavy atom. The first-order valence-electron chi connectivity index (χ1n) is 10.0. The maximum atomic E-state index is 12.5. The normalized spacial score (nSPS) is 13.9. The van der Waals surface area contributed by atoms with Gasteiger partial charge in [0.2, 0.25) is 0 Å². The third-order valence-corrected chi connectivity index (χ3v) is 5.84. The minimum atomic E-state index is -0.512. The summed E-state index contributed by atoms with van der Waals surface area (Å²) in [5.74, 6) is 1.44. The van der Waals surface area contributed by atoms with Gasteiger partial charge in [0.15, 0.2) is 5.82 Å². The van der Waals surface area contributed by atoms with E-state index in [1.54, 1.807) is 28.6 Å². The summed E-state index contributed by atoms with van der Waals surface area (Å²) < 4.78 is 5.55. The van der Waals surface area contributed by atoms with Crippen LogP contribution in [0.1, 0.15) is 31.2 Å². The van der Waals surface area contributed by atoms with E-state index >= 15 is 0 Å². The van der Waals surface area contributed by atoms with Crippen molar-refractivity contribution >= 4 is 33.5 Å². The molecule has 0 aromatic carbocycles. The lowest BCUT2D eigenvalue weighted by Gasteiger charge is -2.30. The molecule has 0 aliphatic carbocycles. The number of ether oxygens (including phenoxy) is 1. The number of hydrogen-bond acceptors (Lipinski definition) is 8. The zero-order valence-corrected chi connectivity index (χ0v) is 18.3. The average molecular weight is 427 g/mol. The van der Waals surface area contributed by atoms with Crippen molar-refractivity contribution in [3.63, 3.8) is 0 Å². The second kappa shape index (κ2) is 8.16. The largest absolute Gasteiger partial charge is 0.444 e. The van der Waals surface area contributed by atoms with E-state index < -0.39 is 5.60 Å². The van der Waals surface area contributed by atoms with Crippen molar-refractivity contribution in [2.45, 2.75) is 39.3 Å². The lowest BCUT2D eigenvalue weighted by Crippen LogP contribution is -2.39. The molecule has 0 atom stereocenters. The van der Waals surface area contributed by atoms with Gasteiger partial charge in [-0.25, -0.2) is 14.8 Å². The second-order valence-corrected chi connectivity index (χ2v) is 9.27. The average Bonchev–Trinajstić information content (AvgIpc) is 3.09. The minimum absolute atomic E-state index is 0.282. The Morgan fingerprint density at radius 2 is 2.07 bits per heavy atom. The van der Waals surface area contributed by atoms with E-state index in [4.69, 9.17) is 20.4 Å². The van der Waals surface area contributed by atoms with Crippen LogP contribution >= 0.6 is 11.3 Å². The standard InChI is InChI=1S/C21H26N6O2S/c1-21(2,3)29-20(28)27-11-6-14-15(12-27)30-19-16(14)18(24-10-7-22)25-17(26-19)13-4-8-23-9-5-13/h4-5,8-9H,6-7,10-12,22H2,1-3H3,(H,24,25,26). The summed E-state index contributed by atoms with van der Waals surface area (Å²) in [7, 11) is 0. The Kier molecular flexibility index (Phi) is 5.57. The molecular weight excluding hydrogens is 400 g/mol. The smallest absolute Gasteiger partial charge is 0.410 e. The molecule has 1 aliphatic heterocycles. The number of thiophene rings is 1. The van der Waals surface area contributed by atoms with Crippen LogP contribution in [0.5, 0.6) is 0 Å². The number of pyridine rings is 1. The molecule has 3 aromatic rings. The van der Waals surface area contributed by atoms with Gasteiger partial charge in [-0.1, -0.05) is 0 Å². The number of aromatic nitrogens is 3. The van der Waals surface area contributed by atoms with Crippen LogP contribution < -0.4 is 11.1 Å². The fraction of sp³-hybridized carbons (Fsp3) is 0.429. The zero-order valence-electron chi connectivity index (χ0n) is 17.4. The van der Waals surface area contributed by atoms with E-state index in [1.807, 2.05) is 32.9 Å². The molecule has 1 aliphatic rings. The number of carbonyl (C=O) groups is 1. The van der Waals surface area contributed by atoms with Crippen molar-refractivity contribution in [1.29, 1.82) is 0 Å². The van der Waals surface area contributed by atoms with Gasteiger partial charge in [-0.15, -0.1) is 11.3 Å². The van der Waals surface area contributed by atoms with Gasteiger partial charge in [0, 0.05) is 42.5 Å². The number of hydrogen-bond donors (Lipinski definition) is 2. The predicted octanol–water partition coefficient (Wildman–Crippen LogP) is 3.42. The van der Waals surface area contributed by atoms with E-state index in [-0.39, 0.29) is 6.09 Å². The summed E-state index contributed by atoms with van der Waals surface area (Å²) in [6, 6.07) is 3.79. The number of nitrogens with one attached hydrogen (secondary N) is 1. The highest BCUT2D eigenvalue weighted by Gasteiger charge is 2.29. The summed E-state index contributed by atoms with van der Waals surface area (Å²) in [5.41, 5.74) is 7.31. The molecule has 0 saturated heterocycles. The van der Waals surface area contributed by atoms with Crippen LogP contribution in [0.15, 0.2) is 24.5 Å². The molecule has 30 heavy (non-hydrogen) atoms. The van der Waals surface area contributed by atoms with Crippen molar-refractivity contribution in [1.82, 2.24) is 19.9 Å². The van der Waals surface area contributed by atoms with E-state index in [9.17, 15) is 4.79 Å². The lowest BCUT2D eigenvalue weighted by molar-refractivity contribution is 0.0227. The van der Waals surface area contributed by atoms with Crippen molar-refractivity contribution in [3.05, 3.63) is 35.0 Å². The molecule has 0 spiro atoms. The van der Waals surface area contributed by atoms with Crippen LogP contribution in [0.3, 0.4) is 0 Å². The number of fused-ring (bicyclic) bond motifs is 3. The molecule has 0 fully saturated rings. The van der Waals surface area contributed by atoms with Crippen molar-refractivity contribution in [3.8, 4) is 11.4 Å². The van der Waals surface area contributed by atoms with E-state index in [0.717, 1.165) is 32.9 Å². The van der Waals surface area contributed by atoms with Gasteiger partial charge in [0.25, 0.3) is 0 Å². The van der Waals surface area contributed by atoms with E-state index in [0.29, 0.717) is 32.0 Å². The van der Waals surface area contributed by atoms with Crippen LogP contribution in [0.2, 0.25) is 0 Å². The van der Waals surface area contributed by atoms with Crippen LogP contribution in [0.4, 0.5) is 10.6 Å². The molecule has 0 unspecified atom stereocenters. The fourth-order valence-electron chi connectivity index (χ4n) is 3.43. The van der Waals surface area contributed by atoms with Crippen LogP contribution in [-0.2, 0) is 17.7 Å². The Bertz CT molecular complexity index is 1060. The minimum Gasteiger partial charge on any atom is -0.444 e. The molecule has 3 N–H and O–H groups in total. The van der Waals surface area contributed by atoms with Crippen molar-refractivity contribution < 1.29 is 9.53 Å². The Balaban J connectivity index is 1.72. The van der Waals surface area contributed by atoms with Gasteiger partial charge in [-0.2, -0.15) is 0 Å². The molecule has 3 aromatic heterocycles. The number of amides is 1. The molecule has 0 radical (unpaired) electrons. The Morgan fingerprint density at radius 3 is 2.77 bits per heavy atom.